The summed E-state index contributed by atoms with van der Waals surface area (Å²) in [5, 5.41) is 4.35. The first-order valence-electron chi connectivity index (χ1n) is 11.3. The molecule has 0 atom stereocenters. The fourth-order valence-corrected chi connectivity index (χ4v) is 9.07. The first kappa shape index (κ1) is 22.4. The van der Waals surface area contributed by atoms with Gasteiger partial charge in [0.1, 0.15) is 28.9 Å². The normalized spacial score (nSPS) is 11.2. The Morgan fingerprint density at radius 2 is 1.03 bits per heavy atom. The molecule has 0 N–H and O–H groups in total. The monoisotopic (exact) mass is 479 g/mol. The molecule has 0 aromatic heterocycles. The van der Waals surface area contributed by atoms with Gasteiger partial charge in [0.2, 0.25) is 0 Å². The van der Waals surface area contributed by atoms with Gasteiger partial charge in [-0.25, -0.2) is 0 Å². The predicted octanol–water partition coefficient (Wildman–Crippen LogP) is 7.63. The highest BCUT2D eigenvalue weighted by Gasteiger charge is 2.48. The van der Waals surface area contributed by atoms with Crippen LogP contribution in [0.1, 0.15) is 5.56 Å². The van der Waals surface area contributed by atoms with Crippen molar-refractivity contribution in [2.45, 2.75) is 6.16 Å². The Balaban J connectivity index is 1.81. The lowest BCUT2D eigenvalue weighted by Gasteiger charge is -2.29. The molecule has 0 aliphatic carbocycles. The van der Waals surface area contributed by atoms with Crippen molar-refractivity contribution < 1.29 is 4.74 Å². The number of rotatable bonds is 7. The predicted molar refractivity (Wildman–Crippen MR) is 147 cm³/mol. The van der Waals surface area contributed by atoms with Gasteiger partial charge in [0.15, 0.2) is 5.75 Å². The van der Waals surface area contributed by atoms with E-state index in [0.29, 0.717) is 5.02 Å². The van der Waals surface area contributed by atoms with Crippen LogP contribution in [0.15, 0.2) is 140 Å². The van der Waals surface area contributed by atoms with Crippen molar-refractivity contribution in [1.29, 1.82) is 0 Å². The number of para-hydroxylation sites is 2. The van der Waals surface area contributed by atoms with Crippen molar-refractivity contribution in [1.82, 2.24) is 0 Å². The summed E-state index contributed by atoms with van der Waals surface area (Å²) >= 11 is 6.86. The minimum atomic E-state index is -2.19. The highest BCUT2D eigenvalue weighted by molar-refractivity contribution is 7.95. The van der Waals surface area contributed by atoms with Crippen LogP contribution in [0.2, 0.25) is 5.02 Å². The SMILES string of the molecule is Clc1cccc([P+](Cc2ccccc2)(c2ccccc2)c2ccccc2)c1Oc1ccccc1. The minimum absolute atomic E-state index is 0.616. The largest absolute Gasteiger partial charge is 0.452 e. The number of hydrogen-bond donors (Lipinski definition) is 0. The van der Waals surface area contributed by atoms with Gasteiger partial charge in [0.25, 0.3) is 0 Å². The number of benzene rings is 5. The van der Waals surface area contributed by atoms with E-state index < -0.39 is 7.26 Å². The van der Waals surface area contributed by atoms with Gasteiger partial charge in [-0.05, 0) is 54.1 Å². The molecule has 34 heavy (non-hydrogen) atoms. The topological polar surface area (TPSA) is 9.23 Å². The van der Waals surface area contributed by atoms with Crippen LogP contribution in [0, 0.1) is 0 Å². The molecular weight excluding hydrogens is 455 g/mol. The molecule has 5 rings (SSSR count). The van der Waals surface area contributed by atoms with Gasteiger partial charge in [-0.15, -0.1) is 0 Å². The summed E-state index contributed by atoms with van der Waals surface area (Å²) in [6.07, 6.45) is 0.868. The maximum Gasteiger partial charge on any atom is 0.188 e. The molecule has 5 aromatic rings. The molecule has 0 spiro atoms. The van der Waals surface area contributed by atoms with Crippen LogP contribution < -0.4 is 20.7 Å². The average molecular weight is 480 g/mol. The number of ether oxygens (including phenoxy) is 1. The first-order valence-corrected chi connectivity index (χ1v) is 13.7. The van der Waals surface area contributed by atoms with Crippen LogP contribution in [0.5, 0.6) is 11.5 Å². The molecule has 0 bridgehead atoms. The van der Waals surface area contributed by atoms with E-state index in [1.807, 2.05) is 42.5 Å². The highest BCUT2D eigenvalue weighted by Crippen LogP contribution is 2.60. The average Bonchev–Trinajstić information content (AvgIpc) is 2.91. The Labute approximate surface area is 207 Å². The lowest BCUT2D eigenvalue weighted by molar-refractivity contribution is 0.487. The quantitative estimate of drug-likeness (QED) is 0.218. The van der Waals surface area contributed by atoms with Crippen LogP contribution in [-0.4, -0.2) is 0 Å². The molecular formula is C31H25ClOP+. The minimum Gasteiger partial charge on any atom is -0.452 e. The summed E-state index contributed by atoms with van der Waals surface area (Å²) in [6, 6.07) is 48.4. The van der Waals surface area contributed by atoms with E-state index in [2.05, 4.69) is 97.1 Å². The fourth-order valence-electron chi connectivity index (χ4n) is 4.42. The van der Waals surface area contributed by atoms with Crippen molar-refractivity contribution in [3.8, 4) is 11.5 Å². The highest BCUT2D eigenvalue weighted by atomic mass is 35.5. The third-order valence-corrected chi connectivity index (χ3v) is 10.6. The van der Waals surface area contributed by atoms with E-state index in [-0.39, 0.29) is 0 Å². The second kappa shape index (κ2) is 10.3. The van der Waals surface area contributed by atoms with E-state index in [1.54, 1.807) is 0 Å². The standard InChI is InChI=1S/C31H25ClOP/c32-29-22-13-23-30(31(29)33-26-16-7-2-8-17-26)34(27-18-9-3-10-19-27,28-20-11-4-12-21-28)24-25-14-5-1-6-15-25/h1-23H,24H2/q+1. The van der Waals surface area contributed by atoms with Gasteiger partial charge in [0, 0.05) is 0 Å². The van der Waals surface area contributed by atoms with Crippen molar-refractivity contribution in [2.24, 2.45) is 0 Å². The molecule has 166 valence electrons. The van der Waals surface area contributed by atoms with Gasteiger partial charge in [-0.2, -0.15) is 0 Å². The van der Waals surface area contributed by atoms with Crippen LogP contribution in [0.3, 0.4) is 0 Å². The number of hydrogen-bond acceptors (Lipinski definition) is 1. The zero-order valence-electron chi connectivity index (χ0n) is 18.7. The van der Waals surface area contributed by atoms with E-state index in [1.165, 1.54) is 16.2 Å². The van der Waals surface area contributed by atoms with E-state index >= 15 is 0 Å². The Hall–Kier alpha value is -3.38. The van der Waals surface area contributed by atoms with E-state index in [0.717, 1.165) is 23.0 Å². The molecule has 0 aliphatic heterocycles. The molecule has 0 fully saturated rings. The summed E-state index contributed by atoms with van der Waals surface area (Å²) in [7, 11) is -2.19. The van der Waals surface area contributed by atoms with Gasteiger partial charge in [-0.3, -0.25) is 0 Å². The third-order valence-electron chi connectivity index (χ3n) is 5.98. The Morgan fingerprint density at radius 1 is 0.529 bits per heavy atom. The van der Waals surface area contributed by atoms with Crippen LogP contribution in [0.4, 0.5) is 0 Å². The maximum absolute atomic E-state index is 6.86. The molecule has 5 aromatic carbocycles. The van der Waals surface area contributed by atoms with Crippen molar-refractivity contribution in [3.05, 3.63) is 150 Å². The Kier molecular flexibility index (Phi) is 6.77. The zero-order valence-corrected chi connectivity index (χ0v) is 20.4. The molecule has 1 nitrogen and oxygen atoms in total. The van der Waals surface area contributed by atoms with Gasteiger partial charge < -0.3 is 4.74 Å². The molecule has 3 heteroatoms. The van der Waals surface area contributed by atoms with Crippen LogP contribution in [-0.2, 0) is 6.16 Å². The second-order valence-corrected chi connectivity index (χ2v) is 12.0. The lowest BCUT2D eigenvalue weighted by Crippen LogP contribution is -2.33. The Bertz CT molecular complexity index is 1300. The van der Waals surface area contributed by atoms with Crippen molar-refractivity contribution in [2.75, 3.05) is 0 Å². The lowest BCUT2D eigenvalue weighted by atomic mass is 10.2. The second-order valence-electron chi connectivity index (χ2n) is 8.13. The van der Waals surface area contributed by atoms with Gasteiger partial charge in [0.05, 0.1) is 11.2 Å². The summed E-state index contributed by atoms with van der Waals surface area (Å²) in [4.78, 5) is 0. The maximum atomic E-state index is 6.86. The number of halogens is 1. The third kappa shape index (κ3) is 4.50. The molecule has 0 unspecified atom stereocenters. The van der Waals surface area contributed by atoms with Crippen LogP contribution in [0.25, 0.3) is 0 Å². The molecule has 0 saturated carbocycles. The summed E-state index contributed by atoms with van der Waals surface area (Å²) < 4.78 is 6.52. The zero-order chi connectivity index (χ0) is 23.2. The smallest absolute Gasteiger partial charge is 0.188 e. The molecule has 0 amide bonds. The summed E-state index contributed by atoms with van der Waals surface area (Å²) in [6.45, 7) is 0. The summed E-state index contributed by atoms with van der Waals surface area (Å²) in [5.41, 5.74) is 1.29. The molecule has 0 radical (unpaired) electrons. The van der Waals surface area contributed by atoms with Gasteiger partial charge in [-0.1, -0.05) is 103 Å². The molecule has 0 aliphatic rings. The van der Waals surface area contributed by atoms with Crippen molar-refractivity contribution >= 4 is 34.8 Å². The fraction of sp³-hybridized carbons (Fsp3) is 0.0323. The molecule has 0 saturated heterocycles. The van der Waals surface area contributed by atoms with Crippen LogP contribution >= 0.6 is 18.9 Å². The van der Waals surface area contributed by atoms with Gasteiger partial charge >= 0.3 is 0 Å². The van der Waals surface area contributed by atoms with E-state index in [4.69, 9.17) is 16.3 Å². The molecule has 0 heterocycles. The first-order chi connectivity index (χ1) is 16.8. The summed E-state index contributed by atoms with van der Waals surface area (Å²) in [5.74, 6) is 1.50. The Morgan fingerprint density at radius 3 is 1.59 bits per heavy atom. The van der Waals surface area contributed by atoms with Crippen molar-refractivity contribution in [3.63, 3.8) is 0 Å². The van der Waals surface area contributed by atoms with E-state index in [9.17, 15) is 0 Å².